The molecule has 0 aliphatic rings. The van der Waals surface area contributed by atoms with Crippen molar-refractivity contribution in [2.24, 2.45) is 0 Å². The Hall–Kier alpha value is -4.40. The predicted molar refractivity (Wildman–Crippen MR) is 175 cm³/mol. The van der Waals surface area contributed by atoms with Crippen LogP contribution in [0.15, 0.2) is 65.4 Å². The second-order valence-corrected chi connectivity index (χ2v) is 13.4. The van der Waals surface area contributed by atoms with E-state index in [-0.39, 0.29) is 17.7 Å². The number of hydrogen-bond donors (Lipinski definition) is 1. The van der Waals surface area contributed by atoms with Gasteiger partial charge < -0.3 is 14.6 Å². The number of aryl methyl sites for hydroxylation is 1. The molecule has 2 heterocycles. The quantitative estimate of drug-likeness (QED) is 0.131. The number of carbonyl (C=O) groups is 2. The van der Waals surface area contributed by atoms with Crippen LogP contribution in [0.25, 0.3) is 22.8 Å². The van der Waals surface area contributed by atoms with E-state index in [0.717, 1.165) is 36.0 Å². The number of nitrogens with zero attached hydrogens (tertiary/aromatic N) is 4. The van der Waals surface area contributed by atoms with Crippen molar-refractivity contribution in [1.82, 2.24) is 25.4 Å². The van der Waals surface area contributed by atoms with Gasteiger partial charge in [0, 0.05) is 36.4 Å². The summed E-state index contributed by atoms with van der Waals surface area (Å²) in [6.07, 6.45) is 8.95. The summed E-state index contributed by atoms with van der Waals surface area (Å²) in [6.45, 7) is 14.0. The molecule has 0 spiro atoms. The molecule has 4 aromatic rings. The zero-order valence-corrected chi connectivity index (χ0v) is 27.5. The number of esters is 1. The van der Waals surface area contributed by atoms with Crippen LogP contribution in [0.3, 0.4) is 0 Å². The summed E-state index contributed by atoms with van der Waals surface area (Å²) in [5.41, 5.74) is 3.23. The Morgan fingerprint density at radius 3 is 2.11 bits per heavy atom. The fraction of sp³-hybridized carbons (Fsp3) is 0.444. The first-order valence-corrected chi connectivity index (χ1v) is 15.7. The maximum atomic E-state index is 13.2. The van der Waals surface area contributed by atoms with E-state index in [2.05, 4.69) is 53.1 Å². The molecule has 0 radical (unpaired) electrons. The van der Waals surface area contributed by atoms with Crippen molar-refractivity contribution in [2.45, 2.75) is 104 Å². The van der Waals surface area contributed by atoms with Crippen LogP contribution in [0.4, 0.5) is 0 Å². The Labute approximate surface area is 266 Å². The third-order valence-corrected chi connectivity index (χ3v) is 7.28. The minimum absolute atomic E-state index is 0.0289. The van der Waals surface area contributed by atoms with E-state index in [0.29, 0.717) is 28.7 Å². The Balaban J connectivity index is 1.43. The largest absolute Gasteiger partial charge is 0.458 e. The molecule has 0 fully saturated rings. The number of benzene rings is 2. The molecule has 9 heteroatoms. The molecule has 0 aliphatic carbocycles. The summed E-state index contributed by atoms with van der Waals surface area (Å²) in [4.78, 5) is 39.8. The predicted octanol–water partition coefficient (Wildman–Crippen LogP) is 7.30. The molecule has 9 nitrogen and oxygen atoms in total. The molecular formula is C36H45N5O4. The van der Waals surface area contributed by atoms with Crippen molar-refractivity contribution >= 4 is 11.9 Å². The molecule has 0 bridgehead atoms. The molecule has 0 aliphatic heterocycles. The summed E-state index contributed by atoms with van der Waals surface area (Å²) in [5.74, 6) is 0.824. The average molecular weight is 612 g/mol. The van der Waals surface area contributed by atoms with E-state index in [9.17, 15) is 9.59 Å². The number of nitrogens with one attached hydrogen (secondary N) is 1. The summed E-state index contributed by atoms with van der Waals surface area (Å²) < 4.78 is 11.0. The van der Waals surface area contributed by atoms with E-state index in [4.69, 9.17) is 9.26 Å². The molecule has 1 amide bonds. The van der Waals surface area contributed by atoms with Crippen LogP contribution in [0.2, 0.25) is 0 Å². The first kappa shape index (κ1) is 33.5. The summed E-state index contributed by atoms with van der Waals surface area (Å²) in [7, 11) is 0. The van der Waals surface area contributed by atoms with Crippen molar-refractivity contribution in [1.29, 1.82) is 0 Å². The second-order valence-electron chi connectivity index (χ2n) is 13.4. The normalized spacial score (nSPS) is 12.5. The molecule has 238 valence electrons. The number of carbonyl (C=O) groups excluding carboxylic acids is 2. The number of amides is 1. The van der Waals surface area contributed by atoms with Gasteiger partial charge in [0.05, 0.1) is 5.56 Å². The van der Waals surface area contributed by atoms with Gasteiger partial charge in [-0.25, -0.2) is 14.8 Å². The lowest BCUT2D eigenvalue weighted by Crippen LogP contribution is -2.45. The summed E-state index contributed by atoms with van der Waals surface area (Å²) >= 11 is 0. The van der Waals surface area contributed by atoms with Gasteiger partial charge in [-0.15, -0.1) is 0 Å². The van der Waals surface area contributed by atoms with Crippen molar-refractivity contribution < 1.29 is 18.8 Å². The fourth-order valence-corrected chi connectivity index (χ4v) is 4.72. The van der Waals surface area contributed by atoms with Crippen LogP contribution in [0.1, 0.15) is 102 Å². The topological polar surface area (TPSA) is 120 Å². The number of ether oxygens (including phenoxy) is 1. The number of hydrogen-bond acceptors (Lipinski definition) is 8. The highest BCUT2D eigenvalue weighted by Gasteiger charge is 2.28. The Morgan fingerprint density at radius 2 is 1.51 bits per heavy atom. The van der Waals surface area contributed by atoms with Gasteiger partial charge in [-0.2, -0.15) is 4.98 Å². The van der Waals surface area contributed by atoms with Gasteiger partial charge in [-0.05, 0) is 55.9 Å². The smallest absolute Gasteiger partial charge is 0.329 e. The number of unbranched alkanes of at least 4 members (excludes halogenated alkanes) is 3. The van der Waals surface area contributed by atoms with Crippen LogP contribution < -0.4 is 5.32 Å². The third-order valence-electron chi connectivity index (χ3n) is 7.28. The van der Waals surface area contributed by atoms with Crippen LogP contribution in [-0.4, -0.2) is 43.6 Å². The Morgan fingerprint density at radius 1 is 0.844 bits per heavy atom. The summed E-state index contributed by atoms with van der Waals surface area (Å²) in [6, 6.07) is 14.2. The number of aromatic nitrogens is 4. The molecule has 45 heavy (non-hydrogen) atoms. The minimum atomic E-state index is -0.869. The highest BCUT2D eigenvalue weighted by atomic mass is 16.6. The molecule has 2 aromatic heterocycles. The Bertz CT molecular complexity index is 1550. The van der Waals surface area contributed by atoms with E-state index in [1.807, 2.05) is 36.4 Å². The van der Waals surface area contributed by atoms with Gasteiger partial charge in [0.15, 0.2) is 5.82 Å². The van der Waals surface area contributed by atoms with Crippen LogP contribution in [-0.2, 0) is 27.8 Å². The van der Waals surface area contributed by atoms with Crippen LogP contribution in [0.5, 0.6) is 0 Å². The average Bonchev–Trinajstić information content (AvgIpc) is 3.47. The van der Waals surface area contributed by atoms with Crippen molar-refractivity contribution in [3.05, 3.63) is 83.5 Å². The SMILES string of the molecule is CCCCCCc1nc(-c2cnc(-c3ccc(C[C@H](NC(=O)c4ccc(C(C)(C)C)cc4)C(=O)OC(C)(C)C)cc3)nc2)no1. The zero-order valence-electron chi connectivity index (χ0n) is 27.5. The van der Waals surface area contributed by atoms with E-state index < -0.39 is 17.6 Å². The van der Waals surface area contributed by atoms with Crippen molar-refractivity contribution in [2.75, 3.05) is 0 Å². The van der Waals surface area contributed by atoms with E-state index in [1.165, 1.54) is 12.8 Å². The van der Waals surface area contributed by atoms with E-state index >= 15 is 0 Å². The molecular weight excluding hydrogens is 566 g/mol. The third kappa shape index (κ3) is 9.80. The maximum Gasteiger partial charge on any atom is 0.329 e. The van der Waals surface area contributed by atoms with Gasteiger partial charge in [0.2, 0.25) is 11.7 Å². The first-order valence-electron chi connectivity index (χ1n) is 15.7. The molecule has 0 saturated heterocycles. The second kappa shape index (κ2) is 14.6. The van der Waals surface area contributed by atoms with Crippen LogP contribution >= 0.6 is 0 Å². The van der Waals surface area contributed by atoms with Gasteiger partial charge >= 0.3 is 5.97 Å². The molecule has 4 rings (SSSR count). The molecule has 0 saturated carbocycles. The standard InChI is InChI=1S/C36H45N5O4/c1-8-9-10-11-12-30-40-32(41-45-30)27-22-37-31(38-23-27)25-15-13-24(14-16-25)21-29(34(43)44-36(5,6)7)39-33(42)26-17-19-28(20-18-26)35(2,3)4/h13-20,22-23,29H,8-12,21H2,1-7H3,(H,39,42)/t29-/m0/s1. The molecule has 1 atom stereocenters. The molecule has 0 unspecified atom stereocenters. The van der Waals surface area contributed by atoms with Gasteiger partial charge in [-0.1, -0.05) is 88.5 Å². The van der Waals surface area contributed by atoms with Gasteiger partial charge in [0.1, 0.15) is 11.6 Å². The highest BCUT2D eigenvalue weighted by molar-refractivity contribution is 5.97. The highest BCUT2D eigenvalue weighted by Crippen LogP contribution is 2.23. The van der Waals surface area contributed by atoms with Crippen molar-refractivity contribution in [3.63, 3.8) is 0 Å². The lowest BCUT2D eigenvalue weighted by Gasteiger charge is -2.25. The maximum absolute atomic E-state index is 13.2. The van der Waals surface area contributed by atoms with Crippen LogP contribution in [0, 0.1) is 0 Å². The molecule has 1 N–H and O–H groups in total. The molecule has 2 aromatic carbocycles. The lowest BCUT2D eigenvalue weighted by molar-refractivity contribution is -0.157. The fourth-order valence-electron chi connectivity index (χ4n) is 4.72. The zero-order chi connectivity index (χ0) is 32.6. The van der Waals surface area contributed by atoms with Gasteiger partial charge in [0.25, 0.3) is 5.91 Å². The van der Waals surface area contributed by atoms with E-state index in [1.54, 1.807) is 45.3 Å². The van der Waals surface area contributed by atoms with Crippen molar-refractivity contribution in [3.8, 4) is 22.8 Å². The lowest BCUT2D eigenvalue weighted by atomic mass is 9.86. The first-order chi connectivity index (χ1) is 21.3. The van der Waals surface area contributed by atoms with Gasteiger partial charge in [-0.3, -0.25) is 4.79 Å². The Kier molecular flexibility index (Phi) is 10.9. The number of rotatable bonds is 12. The summed E-state index contributed by atoms with van der Waals surface area (Å²) in [5, 5.41) is 6.97. The minimum Gasteiger partial charge on any atom is -0.458 e. The monoisotopic (exact) mass is 611 g/mol.